The van der Waals surface area contributed by atoms with E-state index in [1.165, 1.54) is 12.1 Å². The molecule has 0 amide bonds. The summed E-state index contributed by atoms with van der Waals surface area (Å²) in [6.07, 6.45) is 2.07. The highest BCUT2D eigenvalue weighted by molar-refractivity contribution is 5.95. The van der Waals surface area contributed by atoms with E-state index in [9.17, 15) is 8.78 Å². The van der Waals surface area contributed by atoms with Crippen molar-refractivity contribution in [3.8, 4) is 0 Å². The molecule has 1 nitrogen and oxygen atoms in total. The third kappa shape index (κ3) is 2.75. The lowest BCUT2D eigenvalue weighted by Gasteiger charge is -2.11. The van der Waals surface area contributed by atoms with Crippen molar-refractivity contribution >= 4 is 22.5 Å². The second kappa shape index (κ2) is 6.32. The number of benzene rings is 2. The maximum Gasteiger partial charge on any atom is 0.134 e. The molecule has 3 heteroatoms. The lowest BCUT2D eigenvalue weighted by Crippen LogP contribution is -1.97. The van der Waals surface area contributed by atoms with Gasteiger partial charge in [0.05, 0.1) is 0 Å². The van der Waals surface area contributed by atoms with Gasteiger partial charge in [-0.1, -0.05) is 33.4 Å². The first-order valence-corrected chi connectivity index (χ1v) is 6.41. The summed E-state index contributed by atoms with van der Waals surface area (Å²) >= 11 is 0. The number of fused-ring (bicyclic) bond motifs is 1. The molecule has 0 heterocycles. The maximum atomic E-state index is 13.7. The van der Waals surface area contributed by atoms with Crippen LogP contribution in [0.15, 0.2) is 24.8 Å². The van der Waals surface area contributed by atoms with Gasteiger partial charge in [-0.2, -0.15) is 0 Å². The summed E-state index contributed by atoms with van der Waals surface area (Å²) in [6.45, 7) is 9.50. The SMILES string of the molecule is C=Cc1c(F)cc(F)c2cc(N)cc(CC)c12.CC. The van der Waals surface area contributed by atoms with Crippen LogP contribution in [-0.4, -0.2) is 0 Å². The monoisotopic (exact) mass is 263 g/mol. The first kappa shape index (κ1) is 15.2. The van der Waals surface area contributed by atoms with Gasteiger partial charge in [-0.3, -0.25) is 0 Å². The fourth-order valence-corrected chi connectivity index (χ4v) is 2.10. The zero-order chi connectivity index (χ0) is 14.6. The molecule has 0 aliphatic heterocycles. The van der Waals surface area contributed by atoms with Crippen molar-refractivity contribution in [2.75, 3.05) is 5.73 Å². The molecule has 0 saturated carbocycles. The van der Waals surface area contributed by atoms with Gasteiger partial charge in [0.2, 0.25) is 0 Å². The Balaban J connectivity index is 0.000000861. The first-order valence-electron chi connectivity index (χ1n) is 6.41. The summed E-state index contributed by atoms with van der Waals surface area (Å²) in [5, 5.41) is 0.910. The second-order valence-corrected chi connectivity index (χ2v) is 3.91. The highest BCUT2D eigenvalue weighted by atomic mass is 19.1. The molecule has 0 aliphatic rings. The smallest absolute Gasteiger partial charge is 0.134 e. The second-order valence-electron chi connectivity index (χ2n) is 3.91. The van der Waals surface area contributed by atoms with Crippen molar-refractivity contribution < 1.29 is 8.78 Å². The van der Waals surface area contributed by atoms with Crippen LogP contribution < -0.4 is 5.73 Å². The minimum absolute atomic E-state index is 0.332. The number of anilines is 1. The highest BCUT2D eigenvalue weighted by Gasteiger charge is 2.13. The predicted octanol–water partition coefficient (Wildman–Crippen LogP) is 4.93. The Morgan fingerprint density at radius 2 is 1.79 bits per heavy atom. The topological polar surface area (TPSA) is 26.0 Å². The van der Waals surface area contributed by atoms with Gasteiger partial charge in [0.25, 0.3) is 0 Å². The summed E-state index contributed by atoms with van der Waals surface area (Å²) in [7, 11) is 0. The zero-order valence-corrected chi connectivity index (χ0v) is 11.6. The van der Waals surface area contributed by atoms with Gasteiger partial charge in [-0.05, 0) is 29.5 Å². The zero-order valence-electron chi connectivity index (χ0n) is 11.6. The average Bonchev–Trinajstić information content (AvgIpc) is 2.41. The van der Waals surface area contributed by atoms with Gasteiger partial charge < -0.3 is 5.73 Å². The van der Waals surface area contributed by atoms with Crippen LogP contribution >= 0.6 is 0 Å². The van der Waals surface area contributed by atoms with Crippen molar-refractivity contribution in [1.82, 2.24) is 0 Å². The van der Waals surface area contributed by atoms with Crippen molar-refractivity contribution in [1.29, 1.82) is 0 Å². The molecule has 0 fully saturated rings. The van der Waals surface area contributed by atoms with Gasteiger partial charge >= 0.3 is 0 Å². The molecule has 2 rings (SSSR count). The highest BCUT2D eigenvalue weighted by Crippen LogP contribution is 2.31. The van der Waals surface area contributed by atoms with Gasteiger partial charge in [-0.25, -0.2) is 8.78 Å². The van der Waals surface area contributed by atoms with Crippen LogP contribution in [0.1, 0.15) is 31.9 Å². The maximum absolute atomic E-state index is 13.7. The lowest BCUT2D eigenvalue weighted by atomic mass is 9.96. The van der Waals surface area contributed by atoms with Crippen LogP contribution in [0.4, 0.5) is 14.5 Å². The third-order valence-corrected chi connectivity index (χ3v) is 2.86. The molecule has 0 spiro atoms. The fraction of sp³-hybridized carbons (Fsp3) is 0.250. The Bertz CT molecular complexity index is 603. The van der Waals surface area contributed by atoms with E-state index < -0.39 is 11.6 Å². The standard InChI is InChI=1S/C14H13F2N.C2H6/c1-3-8-5-9(17)6-11-13(16)7-12(15)10(4-2)14(8)11;1-2/h4-7H,2-3,17H2,1H3;1-2H3. The quantitative estimate of drug-likeness (QED) is 0.764. The Morgan fingerprint density at radius 1 is 1.16 bits per heavy atom. The first-order chi connectivity index (χ1) is 9.08. The number of nitrogen functional groups attached to an aromatic ring is 1. The Hall–Kier alpha value is -1.90. The van der Waals surface area contributed by atoms with Crippen LogP contribution in [0.3, 0.4) is 0 Å². The molecule has 19 heavy (non-hydrogen) atoms. The number of aryl methyl sites for hydroxylation is 1. The normalized spacial score (nSPS) is 9.95. The molecule has 0 aliphatic carbocycles. The molecule has 0 aromatic heterocycles. The summed E-state index contributed by atoms with van der Waals surface area (Å²) < 4.78 is 27.4. The number of hydrogen-bond donors (Lipinski definition) is 1. The molecule has 0 unspecified atom stereocenters. The van der Waals surface area contributed by atoms with Crippen LogP contribution in [-0.2, 0) is 6.42 Å². The molecule has 0 atom stereocenters. The minimum Gasteiger partial charge on any atom is -0.399 e. The molecule has 102 valence electrons. The lowest BCUT2D eigenvalue weighted by molar-refractivity contribution is 0.590. The molecule has 2 aromatic carbocycles. The fourth-order valence-electron chi connectivity index (χ4n) is 2.10. The molecule has 2 aromatic rings. The van der Waals surface area contributed by atoms with Crippen LogP contribution in [0.5, 0.6) is 0 Å². The van der Waals surface area contributed by atoms with Crippen LogP contribution in [0.25, 0.3) is 16.8 Å². The number of nitrogens with two attached hydrogens (primary N) is 1. The number of halogens is 2. The number of rotatable bonds is 2. The van der Waals surface area contributed by atoms with Crippen molar-refractivity contribution in [2.45, 2.75) is 27.2 Å². The predicted molar refractivity (Wildman–Crippen MR) is 79.1 cm³/mol. The van der Waals surface area contributed by atoms with Gasteiger partial charge in [0.1, 0.15) is 11.6 Å². The van der Waals surface area contributed by atoms with E-state index in [4.69, 9.17) is 5.73 Å². The molecule has 0 saturated heterocycles. The number of hydrogen-bond acceptors (Lipinski definition) is 1. The van der Waals surface area contributed by atoms with Crippen LogP contribution in [0, 0.1) is 11.6 Å². The van der Waals surface area contributed by atoms with E-state index in [1.54, 1.807) is 6.07 Å². The Labute approximate surface area is 112 Å². The van der Waals surface area contributed by atoms with Crippen molar-refractivity contribution in [2.24, 2.45) is 0 Å². The van der Waals surface area contributed by atoms with E-state index in [2.05, 4.69) is 6.58 Å². The summed E-state index contributed by atoms with van der Waals surface area (Å²) in [6, 6.07) is 4.14. The molecule has 2 N–H and O–H groups in total. The molecule has 0 radical (unpaired) electrons. The molecular formula is C16H19F2N. The Kier molecular flexibility index (Phi) is 5.04. The third-order valence-electron chi connectivity index (χ3n) is 2.86. The van der Waals surface area contributed by atoms with Crippen LogP contribution in [0.2, 0.25) is 0 Å². The van der Waals surface area contributed by atoms with Crippen molar-refractivity contribution in [3.05, 3.63) is 47.5 Å². The summed E-state index contributed by atoms with van der Waals surface area (Å²) in [5.74, 6) is -1.19. The van der Waals surface area contributed by atoms with Gasteiger partial charge in [0, 0.05) is 22.7 Å². The minimum atomic E-state index is -0.593. The largest absolute Gasteiger partial charge is 0.399 e. The summed E-state index contributed by atoms with van der Waals surface area (Å²) in [4.78, 5) is 0. The average molecular weight is 263 g/mol. The van der Waals surface area contributed by atoms with Crippen molar-refractivity contribution in [3.63, 3.8) is 0 Å². The van der Waals surface area contributed by atoms with Gasteiger partial charge in [-0.15, -0.1) is 0 Å². The molecule has 0 bridgehead atoms. The van der Waals surface area contributed by atoms with E-state index in [0.717, 1.165) is 11.6 Å². The Morgan fingerprint density at radius 3 is 2.32 bits per heavy atom. The van der Waals surface area contributed by atoms with E-state index in [0.29, 0.717) is 28.4 Å². The van der Waals surface area contributed by atoms with E-state index in [-0.39, 0.29) is 0 Å². The van der Waals surface area contributed by atoms with Gasteiger partial charge in [0.15, 0.2) is 0 Å². The van der Waals surface area contributed by atoms with E-state index >= 15 is 0 Å². The van der Waals surface area contributed by atoms with E-state index in [1.807, 2.05) is 20.8 Å². The summed E-state index contributed by atoms with van der Waals surface area (Å²) in [5.41, 5.74) is 7.35. The molecular weight excluding hydrogens is 244 g/mol.